The summed E-state index contributed by atoms with van der Waals surface area (Å²) in [7, 11) is 0. The Balaban J connectivity index is 1.96. The molecule has 0 saturated carbocycles. The second-order valence-corrected chi connectivity index (χ2v) is 7.85. The van der Waals surface area contributed by atoms with Gasteiger partial charge in [0.1, 0.15) is 24.7 Å². The lowest BCUT2D eigenvalue weighted by atomic mass is 9.97. The minimum Gasteiger partial charge on any atom is -0.489 e. The highest BCUT2D eigenvalue weighted by molar-refractivity contribution is 5.72. The van der Waals surface area contributed by atoms with Gasteiger partial charge in [-0.25, -0.2) is 4.39 Å². The number of ether oxygens (including phenoxy) is 1. The van der Waals surface area contributed by atoms with Crippen LogP contribution in [0, 0.1) is 5.82 Å². The second kappa shape index (κ2) is 10.6. The van der Waals surface area contributed by atoms with E-state index in [2.05, 4.69) is 5.32 Å². The zero-order chi connectivity index (χ0) is 24.9. The van der Waals surface area contributed by atoms with Gasteiger partial charge in [0.05, 0.1) is 6.42 Å². The predicted octanol–water partition coefficient (Wildman–Crippen LogP) is 5.69. The van der Waals surface area contributed by atoms with E-state index in [1.807, 2.05) is 0 Å². The van der Waals surface area contributed by atoms with Gasteiger partial charge in [0, 0.05) is 28.4 Å². The van der Waals surface area contributed by atoms with E-state index in [-0.39, 0.29) is 29.8 Å². The maximum Gasteiger partial charge on any atom is 0.405 e. The lowest BCUT2D eigenvalue weighted by molar-refractivity contribution is -0.136. The van der Waals surface area contributed by atoms with Gasteiger partial charge in [0.2, 0.25) is 0 Å². The molecule has 1 unspecified atom stereocenters. The van der Waals surface area contributed by atoms with Crippen molar-refractivity contribution >= 4 is 11.7 Å². The smallest absolute Gasteiger partial charge is 0.405 e. The topological polar surface area (TPSA) is 84.6 Å². The third-order valence-corrected chi connectivity index (χ3v) is 5.02. The van der Waals surface area contributed by atoms with Gasteiger partial charge in [-0.2, -0.15) is 13.2 Å². The van der Waals surface area contributed by atoms with Crippen LogP contribution in [0.5, 0.6) is 5.75 Å². The van der Waals surface area contributed by atoms with Crippen molar-refractivity contribution in [1.29, 1.82) is 0 Å². The molecule has 0 amide bonds. The van der Waals surface area contributed by atoms with Crippen LogP contribution >= 0.6 is 0 Å². The van der Waals surface area contributed by atoms with Crippen LogP contribution < -0.4 is 15.8 Å². The van der Waals surface area contributed by atoms with Gasteiger partial charge in [-0.15, -0.1) is 0 Å². The number of hydrogen-bond donors (Lipinski definition) is 3. The predicted molar refractivity (Wildman–Crippen MR) is 121 cm³/mol. The fourth-order valence-corrected chi connectivity index (χ4v) is 3.47. The van der Waals surface area contributed by atoms with E-state index in [9.17, 15) is 18.0 Å². The average molecular weight is 476 g/mol. The molecule has 9 heteroatoms. The molecule has 0 aliphatic carbocycles. The number of benzene rings is 3. The summed E-state index contributed by atoms with van der Waals surface area (Å²) < 4.78 is 59.2. The molecule has 34 heavy (non-hydrogen) atoms. The lowest BCUT2D eigenvalue weighted by Gasteiger charge is -2.16. The summed E-state index contributed by atoms with van der Waals surface area (Å²) in [5.74, 6) is -1.24. The standard InChI is InChI=1S/C25H24F4N2O3/c1-15(30)20-6-4-7-21(24(20)26)18-9-16(10-19(11-18)31-14-25(27,28)29)13-34-22-8-3-2-5-17(22)12-23(32)33/h2-11,15,31H,12-14,30H2,1H3,(H,32,33). The molecule has 1 atom stereocenters. The van der Waals surface area contributed by atoms with E-state index < -0.39 is 30.5 Å². The number of para-hydroxylation sites is 1. The highest BCUT2D eigenvalue weighted by Crippen LogP contribution is 2.31. The Labute approximate surface area is 194 Å². The molecular weight excluding hydrogens is 452 g/mol. The van der Waals surface area contributed by atoms with Crippen LogP contribution in [0.4, 0.5) is 23.2 Å². The van der Waals surface area contributed by atoms with Crippen molar-refractivity contribution in [3.8, 4) is 16.9 Å². The van der Waals surface area contributed by atoms with Crippen molar-refractivity contribution in [1.82, 2.24) is 0 Å². The molecule has 180 valence electrons. The monoisotopic (exact) mass is 476 g/mol. The number of carbonyl (C=O) groups is 1. The van der Waals surface area contributed by atoms with Gasteiger partial charge in [-0.3, -0.25) is 4.79 Å². The van der Waals surface area contributed by atoms with E-state index in [1.54, 1.807) is 49.4 Å². The Morgan fingerprint density at radius 3 is 2.53 bits per heavy atom. The molecule has 0 saturated heterocycles. The average Bonchev–Trinajstić information content (AvgIpc) is 2.76. The van der Waals surface area contributed by atoms with E-state index in [1.165, 1.54) is 18.2 Å². The molecule has 0 heterocycles. The number of nitrogens with two attached hydrogens (primary N) is 1. The number of aliphatic carboxylic acids is 1. The number of rotatable bonds is 9. The third-order valence-electron chi connectivity index (χ3n) is 5.02. The first-order valence-electron chi connectivity index (χ1n) is 10.4. The summed E-state index contributed by atoms with van der Waals surface area (Å²) in [5.41, 5.74) is 7.73. The number of carboxylic acid groups (broad SMARTS) is 1. The van der Waals surface area contributed by atoms with Gasteiger partial charge in [-0.1, -0.05) is 36.4 Å². The molecule has 0 spiro atoms. The molecular formula is C25H24F4N2O3. The van der Waals surface area contributed by atoms with Crippen LogP contribution in [0.1, 0.15) is 29.7 Å². The maximum atomic E-state index is 15.1. The SMILES string of the molecule is CC(N)c1cccc(-c2cc(COc3ccccc3CC(=O)O)cc(NCC(F)(F)F)c2)c1F. The first kappa shape index (κ1) is 25.0. The lowest BCUT2D eigenvalue weighted by Crippen LogP contribution is -2.21. The van der Waals surface area contributed by atoms with Crippen molar-refractivity contribution in [3.63, 3.8) is 0 Å². The molecule has 0 fully saturated rings. The zero-order valence-corrected chi connectivity index (χ0v) is 18.3. The molecule has 0 aliphatic heterocycles. The van der Waals surface area contributed by atoms with Crippen molar-refractivity contribution in [2.24, 2.45) is 5.73 Å². The Kier molecular flexibility index (Phi) is 7.78. The van der Waals surface area contributed by atoms with Gasteiger partial charge in [0.15, 0.2) is 0 Å². The summed E-state index contributed by atoms with van der Waals surface area (Å²) >= 11 is 0. The van der Waals surface area contributed by atoms with Crippen molar-refractivity contribution < 1.29 is 32.2 Å². The molecule has 5 nitrogen and oxygen atoms in total. The quantitative estimate of drug-likeness (QED) is 0.346. The Hall–Kier alpha value is -3.59. The summed E-state index contributed by atoms with van der Waals surface area (Å²) in [6, 6.07) is 15.2. The van der Waals surface area contributed by atoms with Crippen LogP contribution in [-0.2, 0) is 17.8 Å². The van der Waals surface area contributed by atoms with Crippen LogP contribution in [0.3, 0.4) is 0 Å². The van der Waals surface area contributed by atoms with Crippen LogP contribution in [-0.4, -0.2) is 23.8 Å². The largest absolute Gasteiger partial charge is 0.489 e. The minimum atomic E-state index is -4.44. The Bertz CT molecular complexity index is 1160. The third kappa shape index (κ3) is 6.71. The highest BCUT2D eigenvalue weighted by atomic mass is 19.4. The number of alkyl halides is 3. The Morgan fingerprint density at radius 2 is 1.85 bits per heavy atom. The maximum absolute atomic E-state index is 15.1. The van der Waals surface area contributed by atoms with Crippen molar-refractivity contribution in [2.45, 2.75) is 32.2 Å². The van der Waals surface area contributed by atoms with Crippen LogP contribution in [0.25, 0.3) is 11.1 Å². The van der Waals surface area contributed by atoms with Gasteiger partial charge in [0.25, 0.3) is 0 Å². The first-order valence-corrected chi connectivity index (χ1v) is 10.4. The summed E-state index contributed by atoms with van der Waals surface area (Å²) in [6.07, 6.45) is -4.69. The molecule has 3 aromatic rings. The molecule has 3 rings (SSSR count). The van der Waals surface area contributed by atoms with E-state index in [0.29, 0.717) is 22.4 Å². The molecule has 3 aromatic carbocycles. The highest BCUT2D eigenvalue weighted by Gasteiger charge is 2.26. The fraction of sp³-hybridized carbons (Fsp3) is 0.240. The summed E-state index contributed by atoms with van der Waals surface area (Å²) in [4.78, 5) is 11.1. The summed E-state index contributed by atoms with van der Waals surface area (Å²) in [5, 5.41) is 11.4. The second-order valence-electron chi connectivity index (χ2n) is 7.85. The summed E-state index contributed by atoms with van der Waals surface area (Å²) in [6.45, 7) is 0.303. The van der Waals surface area contributed by atoms with E-state index >= 15 is 4.39 Å². The zero-order valence-electron chi connectivity index (χ0n) is 18.3. The molecule has 0 bridgehead atoms. The number of anilines is 1. The number of carboxylic acids is 1. The molecule has 0 radical (unpaired) electrons. The van der Waals surface area contributed by atoms with Gasteiger partial charge < -0.3 is 20.9 Å². The van der Waals surface area contributed by atoms with Crippen LogP contribution in [0.2, 0.25) is 0 Å². The fourth-order valence-electron chi connectivity index (χ4n) is 3.47. The molecule has 4 N–H and O–H groups in total. The number of halogens is 4. The van der Waals surface area contributed by atoms with E-state index in [0.717, 1.165) is 0 Å². The van der Waals surface area contributed by atoms with Gasteiger partial charge in [-0.05, 0) is 42.3 Å². The minimum absolute atomic E-state index is 0.0697. The normalized spacial score (nSPS) is 12.3. The number of nitrogens with one attached hydrogen (secondary N) is 1. The first-order chi connectivity index (χ1) is 16.0. The van der Waals surface area contributed by atoms with Crippen LogP contribution in [0.15, 0.2) is 60.7 Å². The van der Waals surface area contributed by atoms with E-state index in [4.69, 9.17) is 15.6 Å². The molecule has 0 aromatic heterocycles. The van der Waals surface area contributed by atoms with Crippen molar-refractivity contribution in [2.75, 3.05) is 11.9 Å². The number of hydrogen-bond acceptors (Lipinski definition) is 4. The molecule has 0 aliphatic rings. The van der Waals surface area contributed by atoms with Crippen molar-refractivity contribution in [3.05, 3.63) is 83.2 Å². The Morgan fingerprint density at radius 1 is 1.12 bits per heavy atom. The van der Waals surface area contributed by atoms with Gasteiger partial charge >= 0.3 is 12.1 Å².